The number of hydrogen-bond acceptors (Lipinski definition) is 2. The van der Waals surface area contributed by atoms with Crippen LogP contribution in [0.5, 0.6) is 0 Å². The number of carbonyl (C=O) groups excluding carboxylic acids is 2. The number of aryl methyl sites for hydroxylation is 1. The van der Waals surface area contributed by atoms with Crippen molar-refractivity contribution in [3.05, 3.63) is 46.7 Å². The lowest BCUT2D eigenvalue weighted by Gasteiger charge is -2.09. The monoisotopic (exact) mass is 390 g/mol. The molecule has 1 aliphatic rings. The van der Waals surface area contributed by atoms with Crippen molar-refractivity contribution in [2.45, 2.75) is 32.4 Å². The van der Waals surface area contributed by atoms with Crippen molar-refractivity contribution >= 4 is 39.2 Å². The maximum Gasteiger partial charge on any atom is 0.319 e. The molecule has 0 bridgehead atoms. The molecule has 1 saturated carbocycles. The number of amides is 3. The van der Waals surface area contributed by atoms with E-state index in [0.717, 1.165) is 17.3 Å². The average Bonchev–Trinajstić information content (AvgIpc) is 3.27. The van der Waals surface area contributed by atoms with Crippen LogP contribution in [0.1, 0.15) is 30.3 Å². The van der Waals surface area contributed by atoms with Crippen LogP contribution >= 0.6 is 15.9 Å². The van der Waals surface area contributed by atoms with E-state index >= 15 is 0 Å². The van der Waals surface area contributed by atoms with E-state index in [1.54, 1.807) is 30.3 Å². The van der Waals surface area contributed by atoms with Crippen LogP contribution in [-0.2, 0) is 6.54 Å². The van der Waals surface area contributed by atoms with Gasteiger partial charge in [-0.3, -0.25) is 4.79 Å². The molecule has 1 aliphatic carbocycles. The zero-order chi connectivity index (χ0) is 17.1. The van der Waals surface area contributed by atoms with Gasteiger partial charge in [0.25, 0.3) is 5.91 Å². The third kappa shape index (κ3) is 4.17. The number of urea groups is 1. The third-order valence-corrected chi connectivity index (χ3v) is 4.18. The molecular formula is C17H19BrN4O2. The summed E-state index contributed by atoms with van der Waals surface area (Å²) in [7, 11) is 0. The van der Waals surface area contributed by atoms with E-state index in [4.69, 9.17) is 0 Å². The van der Waals surface area contributed by atoms with Crippen LogP contribution in [0, 0.1) is 0 Å². The van der Waals surface area contributed by atoms with Crippen molar-refractivity contribution < 1.29 is 9.59 Å². The van der Waals surface area contributed by atoms with Crippen molar-refractivity contribution in [1.82, 2.24) is 9.88 Å². The van der Waals surface area contributed by atoms with E-state index in [1.807, 2.05) is 17.7 Å². The average molecular weight is 391 g/mol. The molecule has 1 heterocycles. The standard InChI is InChI=1S/C17H19BrN4O2/c1-2-22-10-11(18)9-15(22)16(23)19-12-3-5-13(6-4-12)20-17(24)21-14-7-8-14/h3-6,9-10,14H,2,7-8H2,1H3,(H,19,23)(H2,20,21,24). The Morgan fingerprint density at radius 2 is 1.79 bits per heavy atom. The van der Waals surface area contributed by atoms with E-state index in [2.05, 4.69) is 31.9 Å². The highest BCUT2D eigenvalue weighted by atomic mass is 79.9. The fourth-order valence-corrected chi connectivity index (χ4v) is 2.80. The molecule has 126 valence electrons. The highest BCUT2D eigenvalue weighted by Crippen LogP contribution is 2.20. The number of halogens is 1. The molecule has 6 nitrogen and oxygen atoms in total. The molecule has 3 rings (SSSR count). The molecule has 3 amide bonds. The Hall–Kier alpha value is -2.28. The molecule has 1 aromatic carbocycles. The fourth-order valence-electron chi connectivity index (χ4n) is 2.34. The Labute approximate surface area is 148 Å². The van der Waals surface area contributed by atoms with Crippen molar-refractivity contribution in [3.63, 3.8) is 0 Å². The van der Waals surface area contributed by atoms with Gasteiger partial charge in [-0.15, -0.1) is 0 Å². The van der Waals surface area contributed by atoms with Crippen molar-refractivity contribution in [2.24, 2.45) is 0 Å². The van der Waals surface area contributed by atoms with Gasteiger partial charge in [-0.2, -0.15) is 0 Å². The molecule has 0 radical (unpaired) electrons. The Bertz CT molecular complexity index is 750. The van der Waals surface area contributed by atoms with Crippen LogP contribution in [-0.4, -0.2) is 22.5 Å². The number of carbonyl (C=O) groups is 2. The fraction of sp³-hybridized carbons (Fsp3) is 0.294. The van der Waals surface area contributed by atoms with E-state index in [9.17, 15) is 9.59 Å². The zero-order valence-electron chi connectivity index (χ0n) is 13.3. The summed E-state index contributed by atoms with van der Waals surface area (Å²) in [5.74, 6) is -0.172. The molecule has 0 spiro atoms. The lowest BCUT2D eigenvalue weighted by atomic mass is 10.2. The smallest absolute Gasteiger partial charge is 0.319 e. The van der Waals surface area contributed by atoms with Crippen LogP contribution in [0.3, 0.4) is 0 Å². The highest BCUT2D eigenvalue weighted by molar-refractivity contribution is 9.10. The van der Waals surface area contributed by atoms with Crippen molar-refractivity contribution in [1.29, 1.82) is 0 Å². The minimum absolute atomic E-state index is 0.172. The van der Waals surface area contributed by atoms with Gasteiger partial charge in [-0.1, -0.05) is 0 Å². The lowest BCUT2D eigenvalue weighted by Crippen LogP contribution is -2.30. The molecule has 3 N–H and O–H groups in total. The van der Waals surface area contributed by atoms with Crippen LogP contribution in [0.15, 0.2) is 41.0 Å². The van der Waals surface area contributed by atoms with Crippen molar-refractivity contribution in [3.8, 4) is 0 Å². The molecule has 0 saturated heterocycles. The normalized spacial score (nSPS) is 13.4. The maximum atomic E-state index is 12.4. The van der Waals surface area contributed by atoms with Gasteiger partial charge in [-0.05, 0) is 66.0 Å². The second-order valence-corrected chi connectivity index (χ2v) is 6.65. The zero-order valence-corrected chi connectivity index (χ0v) is 14.9. The summed E-state index contributed by atoms with van der Waals surface area (Å²) in [5, 5.41) is 8.49. The number of nitrogens with zero attached hydrogens (tertiary/aromatic N) is 1. The summed E-state index contributed by atoms with van der Waals surface area (Å²) in [5.41, 5.74) is 1.95. The summed E-state index contributed by atoms with van der Waals surface area (Å²) in [6, 6.07) is 8.96. The number of benzene rings is 1. The summed E-state index contributed by atoms with van der Waals surface area (Å²) >= 11 is 3.38. The number of rotatable bonds is 5. The quantitative estimate of drug-likeness (QED) is 0.725. The molecule has 0 aliphatic heterocycles. The minimum atomic E-state index is -0.195. The first-order valence-electron chi connectivity index (χ1n) is 7.89. The largest absolute Gasteiger partial charge is 0.343 e. The first kappa shape index (κ1) is 16.6. The molecular weight excluding hydrogens is 372 g/mol. The Kier molecular flexibility index (Phi) is 4.89. The van der Waals surface area contributed by atoms with Gasteiger partial charge in [0.1, 0.15) is 5.69 Å². The second kappa shape index (κ2) is 7.09. The Balaban J connectivity index is 1.60. The first-order valence-corrected chi connectivity index (χ1v) is 8.69. The van der Waals surface area contributed by atoms with E-state index < -0.39 is 0 Å². The summed E-state index contributed by atoms with van der Waals surface area (Å²) in [4.78, 5) is 24.0. The third-order valence-electron chi connectivity index (χ3n) is 3.75. The minimum Gasteiger partial charge on any atom is -0.343 e. The van der Waals surface area contributed by atoms with Gasteiger partial charge in [-0.25, -0.2) is 4.79 Å². The van der Waals surface area contributed by atoms with Gasteiger partial charge in [0, 0.05) is 34.6 Å². The van der Waals surface area contributed by atoms with Crippen LogP contribution < -0.4 is 16.0 Å². The van der Waals surface area contributed by atoms with Gasteiger partial charge in [0.05, 0.1) is 0 Å². The number of nitrogens with one attached hydrogen (secondary N) is 3. The molecule has 2 aromatic rings. The van der Waals surface area contributed by atoms with Crippen LogP contribution in [0.2, 0.25) is 0 Å². The predicted octanol–water partition coefficient (Wildman–Crippen LogP) is 3.81. The van der Waals surface area contributed by atoms with E-state index in [1.165, 1.54) is 0 Å². The van der Waals surface area contributed by atoms with E-state index in [0.29, 0.717) is 29.7 Å². The SMILES string of the molecule is CCn1cc(Br)cc1C(=O)Nc1ccc(NC(=O)NC2CC2)cc1. The Morgan fingerprint density at radius 3 is 2.38 bits per heavy atom. The Morgan fingerprint density at radius 1 is 1.17 bits per heavy atom. The summed E-state index contributed by atoms with van der Waals surface area (Å²) in [6.07, 6.45) is 3.97. The maximum absolute atomic E-state index is 12.4. The van der Waals surface area contributed by atoms with Crippen LogP contribution in [0.4, 0.5) is 16.2 Å². The molecule has 0 unspecified atom stereocenters. The van der Waals surface area contributed by atoms with E-state index in [-0.39, 0.29) is 11.9 Å². The highest BCUT2D eigenvalue weighted by Gasteiger charge is 2.23. The second-order valence-electron chi connectivity index (χ2n) is 5.73. The molecule has 7 heteroatoms. The number of aromatic nitrogens is 1. The summed E-state index contributed by atoms with van der Waals surface area (Å²) in [6.45, 7) is 2.70. The lowest BCUT2D eigenvalue weighted by molar-refractivity contribution is 0.101. The summed E-state index contributed by atoms with van der Waals surface area (Å²) < 4.78 is 2.74. The molecule has 0 atom stereocenters. The van der Waals surface area contributed by atoms with Gasteiger partial charge in [0.15, 0.2) is 0 Å². The first-order chi connectivity index (χ1) is 11.5. The van der Waals surface area contributed by atoms with Gasteiger partial charge >= 0.3 is 6.03 Å². The van der Waals surface area contributed by atoms with Gasteiger partial charge < -0.3 is 20.5 Å². The topological polar surface area (TPSA) is 75.2 Å². The molecule has 1 fully saturated rings. The van der Waals surface area contributed by atoms with Crippen LogP contribution in [0.25, 0.3) is 0 Å². The number of anilines is 2. The van der Waals surface area contributed by atoms with Gasteiger partial charge in [0.2, 0.25) is 0 Å². The molecule has 1 aromatic heterocycles. The molecule has 24 heavy (non-hydrogen) atoms. The number of hydrogen-bond donors (Lipinski definition) is 3. The van der Waals surface area contributed by atoms with Crippen molar-refractivity contribution in [2.75, 3.05) is 10.6 Å². The predicted molar refractivity (Wildman–Crippen MR) is 97.4 cm³/mol.